The quantitative estimate of drug-likeness (QED) is 0.890. The average molecular weight is 257 g/mol. The molecule has 0 saturated carbocycles. The van der Waals surface area contributed by atoms with Gasteiger partial charge in [-0.1, -0.05) is 6.07 Å². The van der Waals surface area contributed by atoms with Crippen LogP contribution in [0.1, 0.15) is 18.1 Å². The molecule has 0 atom stereocenters. The third-order valence-corrected chi connectivity index (χ3v) is 2.91. The van der Waals surface area contributed by atoms with Gasteiger partial charge in [0.05, 0.1) is 0 Å². The second-order valence-electron chi connectivity index (χ2n) is 4.42. The Labute approximate surface area is 113 Å². The molecule has 0 aliphatic rings. The van der Waals surface area contributed by atoms with E-state index in [9.17, 15) is 0 Å². The Morgan fingerprint density at radius 2 is 2.16 bits per heavy atom. The maximum absolute atomic E-state index is 4.37. The molecule has 0 aromatic carbocycles. The molecule has 0 fully saturated rings. The highest BCUT2D eigenvalue weighted by Gasteiger charge is 2.10. The smallest absolute Gasteiger partial charge is 0.137 e. The minimum Gasteiger partial charge on any atom is -0.370 e. The standard InChI is InChI=1S/C14H19N5/c1-4-16-13-11(2)14(18-10-17-13)19(3)9-12-6-5-7-15-8-12/h5-8,10H,4,9H2,1-3H3,(H,16,17,18). The summed E-state index contributed by atoms with van der Waals surface area (Å²) in [5, 5.41) is 3.24. The van der Waals surface area contributed by atoms with E-state index in [-0.39, 0.29) is 0 Å². The molecule has 0 saturated heterocycles. The molecule has 100 valence electrons. The predicted octanol–water partition coefficient (Wildman–Crippen LogP) is 2.25. The lowest BCUT2D eigenvalue weighted by atomic mass is 10.2. The molecular formula is C14H19N5. The fourth-order valence-corrected chi connectivity index (χ4v) is 2.01. The summed E-state index contributed by atoms with van der Waals surface area (Å²) in [6.45, 7) is 5.72. The molecule has 5 heteroatoms. The van der Waals surface area contributed by atoms with Gasteiger partial charge in [0.15, 0.2) is 0 Å². The lowest BCUT2D eigenvalue weighted by Crippen LogP contribution is -2.20. The molecule has 0 amide bonds. The molecule has 0 bridgehead atoms. The highest BCUT2D eigenvalue weighted by molar-refractivity contribution is 5.57. The van der Waals surface area contributed by atoms with Crippen LogP contribution in [0.25, 0.3) is 0 Å². The van der Waals surface area contributed by atoms with Crippen LogP contribution in [0.3, 0.4) is 0 Å². The zero-order valence-electron chi connectivity index (χ0n) is 11.6. The molecular weight excluding hydrogens is 238 g/mol. The molecule has 2 rings (SSSR count). The minimum absolute atomic E-state index is 0.775. The first-order valence-electron chi connectivity index (χ1n) is 6.38. The Balaban J connectivity index is 2.19. The summed E-state index contributed by atoms with van der Waals surface area (Å²) in [4.78, 5) is 14.9. The lowest BCUT2D eigenvalue weighted by Gasteiger charge is -2.21. The molecule has 2 aromatic heterocycles. The van der Waals surface area contributed by atoms with E-state index in [1.807, 2.05) is 26.2 Å². The van der Waals surface area contributed by atoms with Crippen LogP contribution in [-0.4, -0.2) is 28.5 Å². The van der Waals surface area contributed by atoms with Crippen molar-refractivity contribution in [3.63, 3.8) is 0 Å². The lowest BCUT2D eigenvalue weighted by molar-refractivity contribution is 0.876. The van der Waals surface area contributed by atoms with Crippen molar-refractivity contribution in [2.45, 2.75) is 20.4 Å². The predicted molar refractivity (Wildman–Crippen MR) is 77.3 cm³/mol. The van der Waals surface area contributed by atoms with Crippen molar-refractivity contribution in [2.75, 3.05) is 23.8 Å². The second-order valence-corrected chi connectivity index (χ2v) is 4.42. The monoisotopic (exact) mass is 257 g/mol. The van der Waals surface area contributed by atoms with E-state index in [1.54, 1.807) is 12.5 Å². The van der Waals surface area contributed by atoms with Crippen molar-refractivity contribution in [3.8, 4) is 0 Å². The van der Waals surface area contributed by atoms with Crippen molar-refractivity contribution < 1.29 is 0 Å². The second kappa shape index (κ2) is 6.13. The molecule has 19 heavy (non-hydrogen) atoms. The summed E-state index contributed by atoms with van der Waals surface area (Å²) >= 11 is 0. The van der Waals surface area contributed by atoms with E-state index in [0.29, 0.717) is 0 Å². The minimum atomic E-state index is 0.775. The number of pyridine rings is 1. The molecule has 2 aromatic rings. The van der Waals surface area contributed by atoms with Gasteiger partial charge < -0.3 is 10.2 Å². The topological polar surface area (TPSA) is 53.9 Å². The van der Waals surface area contributed by atoms with Gasteiger partial charge in [-0.05, 0) is 25.5 Å². The van der Waals surface area contributed by atoms with Gasteiger partial charge >= 0.3 is 0 Å². The molecule has 2 heterocycles. The third kappa shape index (κ3) is 3.19. The number of hydrogen-bond donors (Lipinski definition) is 1. The summed E-state index contributed by atoms with van der Waals surface area (Å²) in [5.74, 6) is 1.83. The van der Waals surface area contributed by atoms with E-state index in [1.165, 1.54) is 0 Å². The summed E-state index contributed by atoms with van der Waals surface area (Å²) in [6.07, 6.45) is 5.25. The van der Waals surface area contributed by atoms with Crippen molar-refractivity contribution in [3.05, 3.63) is 42.0 Å². The highest BCUT2D eigenvalue weighted by atomic mass is 15.2. The first kappa shape index (κ1) is 13.3. The summed E-state index contributed by atoms with van der Waals surface area (Å²) in [5.41, 5.74) is 2.23. The Morgan fingerprint density at radius 1 is 1.32 bits per heavy atom. The summed E-state index contributed by atoms with van der Waals surface area (Å²) < 4.78 is 0. The molecule has 0 aliphatic carbocycles. The molecule has 5 nitrogen and oxygen atoms in total. The fraction of sp³-hybridized carbons (Fsp3) is 0.357. The number of rotatable bonds is 5. The molecule has 0 radical (unpaired) electrons. The van der Waals surface area contributed by atoms with Crippen LogP contribution < -0.4 is 10.2 Å². The van der Waals surface area contributed by atoms with Crippen LogP contribution in [0.15, 0.2) is 30.9 Å². The molecule has 1 N–H and O–H groups in total. The van der Waals surface area contributed by atoms with E-state index >= 15 is 0 Å². The third-order valence-electron chi connectivity index (χ3n) is 2.91. The van der Waals surface area contributed by atoms with Gasteiger partial charge in [-0.3, -0.25) is 4.98 Å². The van der Waals surface area contributed by atoms with Crippen molar-refractivity contribution in [1.29, 1.82) is 0 Å². The van der Waals surface area contributed by atoms with Gasteiger partial charge in [0, 0.05) is 38.1 Å². The van der Waals surface area contributed by atoms with Crippen molar-refractivity contribution in [2.24, 2.45) is 0 Å². The van der Waals surface area contributed by atoms with Crippen LogP contribution in [0.5, 0.6) is 0 Å². The Bertz CT molecular complexity index is 527. The van der Waals surface area contributed by atoms with Crippen LogP contribution in [0.2, 0.25) is 0 Å². The Kier molecular flexibility index (Phi) is 4.28. The van der Waals surface area contributed by atoms with E-state index in [2.05, 4.69) is 38.2 Å². The summed E-state index contributed by atoms with van der Waals surface area (Å²) in [7, 11) is 2.03. The first-order valence-corrected chi connectivity index (χ1v) is 6.38. The normalized spacial score (nSPS) is 10.3. The van der Waals surface area contributed by atoms with Gasteiger partial charge in [0.25, 0.3) is 0 Å². The highest BCUT2D eigenvalue weighted by Crippen LogP contribution is 2.22. The maximum atomic E-state index is 4.37. The molecule has 0 spiro atoms. The van der Waals surface area contributed by atoms with Crippen LogP contribution in [0, 0.1) is 6.92 Å². The number of nitrogens with one attached hydrogen (secondary N) is 1. The van der Waals surface area contributed by atoms with Gasteiger partial charge in [-0.25, -0.2) is 9.97 Å². The number of anilines is 2. The van der Waals surface area contributed by atoms with E-state index < -0.39 is 0 Å². The van der Waals surface area contributed by atoms with Gasteiger partial charge in [0.1, 0.15) is 18.0 Å². The van der Waals surface area contributed by atoms with Crippen LogP contribution >= 0.6 is 0 Å². The van der Waals surface area contributed by atoms with E-state index in [4.69, 9.17) is 0 Å². The molecule has 0 aliphatic heterocycles. The van der Waals surface area contributed by atoms with Gasteiger partial charge in [0.2, 0.25) is 0 Å². The Hall–Kier alpha value is -2.17. The largest absolute Gasteiger partial charge is 0.370 e. The van der Waals surface area contributed by atoms with Crippen LogP contribution in [0.4, 0.5) is 11.6 Å². The zero-order chi connectivity index (χ0) is 13.7. The summed E-state index contributed by atoms with van der Waals surface area (Å²) in [6, 6.07) is 4.01. The SMILES string of the molecule is CCNc1ncnc(N(C)Cc2cccnc2)c1C. The number of nitrogens with zero attached hydrogens (tertiary/aromatic N) is 4. The van der Waals surface area contributed by atoms with Crippen molar-refractivity contribution >= 4 is 11.6 Å². The Morgan fingerprint density at radius 3 is 2.84 bits per heavy atom. The fourth-order valence-electron chi connectivity index (χ4n) is 2.01. The molecule has 0 unspecified atom stereocenters. The van der Waals surface area contributed by atoms with Gasteiger partial charge in [-0.15, -0.1) is 0 Å². The van der Waals surface area contributed by atoms with Crippen LogP contribution in [-0.2, 0) is 6.54 Å². The average Bonchev–Trinajstić information content (AvgIpc) is 2.42. The number of aromatic nitrogens is 3. The van der Waals surface area contributed by atoms with Crippen molar-refractivity contribution in [1.82, 2.24) is 15.0 Å². The number of hydrogen-bond acceptors (Lipinski definition) is 5. The zero-order valence-corrected chi connectivity index (χ0v) is 11.6. The van der Waals surface area contributed by atoms with E-state index in [0.717, 1.165) is 35.9 Å². The maximum Gasteiger partial charge on any atom is 0.137 e. The first-order chi connectivity index (χ1) is 9.22. The van der Waals surface area contributed by atoms with Gasteiger partial charge in [-0.2, -0.15) is 0 Å².